The number of nitrogens with zero attached hydrogens (tertiary/aromatic N) is 2. The average Bonchev–Trinajstić information content (AvgIpc) is 2.54. The molecule has 0 unspecified atom stereocenters. The molecule has 0 aliphatic carbocycles. The van der Waals surface area contributed by atoms with Crippen LogP contribution in [0, 0.1) is 10.1 Å². The van der Waals surface area contributed by atoms with Crippen molar-refractivity contribution in [2.45, 2.75) is 19.3 Å². The first-order valence-corrected chi connectivity index (χ1v) is 7.29. The maximum absolute atomic E-state index is 11.9. The molecular formula is C15H19N3O6. The maximum atomic E-state index is 11.9. The molecule has 2 N–H and O–H groups in total. The highest BCUT2D eigenvalue weighted by atomic mass is 16.6. The van der Waals surface area contributed by atoms with Crippen LogP contribution in [0.2, 0.25) is 0 Å². The lowest BCUT2D eigenvalue weighted by Crippen LogP contribution is -2.32. The molecule has 1 aromatic rings. The molecule has 0 aliphatic rings. The van der Waals surface area contributed by atoms with Crippen molar-refractivity contribution in [2.75, 3.05) is 20.1 Å². The molecule has 0 saturated carbocycles. The predicted molar refractivity (Wildman–Crippen MR) is 84.6 cm³/mol. The second-order valence-corrected chi connectivity index (χ2v) is 5.12. The summed E-state index contributed by atoms with van der Waals surface area (Å²) in [5.41, 5.74) is 0.160. The van der Waals surface area contributed by atoms with Crippen LogP contribution in [-0.2, 0) is 9.59 Å². The molecule has 0 fully saturated rings. The number of hydrogen-bond acceptors (Lipinski definition) is 5. The zero-order chi connectivity index (χ0) is 18.1. The minimum Gasteiger partial charge on any atom is -0.481 e. The Morgan fingerprint density at radius 3 is 2.38 bits per heavy atom. The molecule has 24 heavy (non-hydrogen) atoms. The van der Waals surface area contributed by atoms with E-state index in [1.54, 1.807) is 7.05 Å². The van der Waals surface area contributed by atoms with Crippen LogP contribution in [0.5, 0.6) is 0 Å². The molecule has 0 saturated heterocycles. The number of non-ortho nitro benzene ring substituents is 1. The topological polar surface area (TPSA) is 130 Å². The standard InChI is InChI=1S/C15H19N3O6/c1-17(10-2-3-14(20)21)13(19)8-9-16-15(22)11-4-6-12(7-5-11)18(23)24/h4-7H,2-3,8-10H2,1H3,(H,16,22)(H,20,21). The lowest BCUT2D eigenvalue weighted by atomic mass is 10.2. The van der Waals surface area contributed by atoms with Gasteiger partial charge in [0.25, 0.3) is 11.6 Å². The summed E-state index contributed by atoms with van der Waals surface area (Å²) in [6, 6.07) is 5.15. The fourth-order valence-electron chi connectivity index (χ4n) is 1.90. The van der Waals surface area contributed by atoms with Gasteiger partial charge in [0.1, 0.15) is 0 Å². The lowest BCUT2D eigenvalue weighted by Gasteiger charge is -2.16. The third-order valence-corrected chi connectivity index (χ3v) is 3.27. The van der Waals surface area contributed by atoms with Crippen molar-refractivity contribution < 1.29 is 24.4 Å². The summed E-state index contributed by atoms with van der Waals surface area (Å²) >= 11 is 0. The molecule has 9 heteroatoms. The van der Waals surface area contributed by atoms with Gasteiger partial charge in [-0.05, 0) is 18.6 Å². The zero-order valence-electron chi connectivity index (χ0n) is 13.2. The van der Waals surface area contributed by atoms with Gasteiger partial charge in [0, 0.05) is 50.7 Å². The molecule has 130 valence electrons. The predicted octanol–water partition coefficient (Wildman–Crippen LogP) is 1.04. The minimum absolute atomic E-state index is 0.00546. The number of nitro groups is 1. The first-order valence-electron chi connectivity index (χ1n) is 7.29. The number of aliphatic carboxylic acids is 1. The second-order valence-electron chi connectivity index (χ2n) is 5.12. The van der Waals surface area contributed by atoms with Gasteiger partial charge in [0.2, 0.25) is 5.91 Å². The Morgan fingerprint density at radius 1 is 1.21 bits per heavy atom. The molecule has 0 aliphatic heterocycles. The number of hydrogen-bond donors (Lipinski definition) is 2. The summed E-state index contributed by atoms with van der Waals surface area (Å²) in [5.74, 6) is -1.54. The summed E-state index contributed by atoms with van der Waals surface area (Å²) in [7, 11) is 1.57. The molecule has 0 spiro atoms. The molecule has 1 rings (SSSR count). The Labute approximate surface area is 138 Å². The van der Waals surface area contributed by atoms with Crippen LogP contribution in [0.25, 0.3) is 0 Å². The highest BCUT2D eigenvalue weighted by molar-refractivity contribution is 5.94. The number of carboxylic acid groups (broad SMARTS) is 1. The molecule has 1 aromatic carbocycles. The van der Waals surface area contributed by atoms with Gasteiger partial charge in [-0.15, -0.1) is 0 Å². The Bertz CT molecular complexity index is 614. The van der Waals surface area contributed by atoms with E-state index in [2.05, 4.69) is 5.32 Å². The van der Waals surface area contributed by atoms with E-state index in [0.717, 1.165) is 0 Å². The van der Waals surface area contributed by atoms with Crippen LogP contribution >= 0.6 is 0 Å². The number of rotatable bonds is 9. The number of carboxylic acids is 1. The van der Waals surface area contributed by atoms with Gasteiger partial charge >= 0.3 is 5.97 Å². The first-order chi connectivity index (χ1) is 11.3. The third kappa shape index (κ3) is 6.42. The van der Waals surface area contributed by atoms with E-state index in [1.165, 1.54) is 29.2 Å². The highest BCUT2D eigenvalue weighted by Crippen LogP contribution is 2.11. The van der Waals surface area contributed by atoms with Crippen molar-refractivity contribution >= 4 is 23.5 Å². The number of carbonyl (C=O) groups is 3. The summed E-state index contributed by atoms with van der Waals surface area (Å²) < 4.78 is 0. The summed E-state index contributed by atoms with van der Waals surface area (Å²) in [4.78, 5) is 45.5. The van der Waals surface area contributed by atoms with Crippen molar-refractivity contribution in [2.24, 2.45) is 0 Å². The van der Waals surface area contributed by atoms with Crippen LogP contribution in [0.1, 0.15) is 29.6 Å². The molecule has 0 atom stereocenters. The molecular weight excluding hydrogens is 318 g/mol. The Kier molecular flexibility index (Phi) is 7.34. The second kappa shape index (κ2) is 9.23. The Morgan fingerprint density at radius 2 is 1.83 bits per heavy atom. The lowest BCUT2D eigenvalue weighted by molar-refractivity contribution is -0.384. The van der Waals surface area contributed by atoms with Crippen molar-refractivity contribution in [3.05, 3.63) is 39.9 Å². The van der Waals surface area contributed by atoms with Gasteiger partial charge in [0.05, 0.1) is 4.92 Å². The summed E-state index contributed by atoms with van der Waals surface area (Å²) in [6.45, 7) is 0.458. The fourth-order valence-corrected chi connectivity index (χ4v) is 1.90. The van der Waals surface area contributed by atoms with Crippen molar-refractivity contribution in [1.82, 2.24) is 10.2 Å². The fraction of sp³-hybridized carbons (Fsp3) is 0.400. The Balaban J connectivity index is 2.35. The minimum atomic E-state index is -0.911. The van der Waals surface area contributed by atoms with Gasteiger partial charge in [-0.25, -0.2) is 0 Å². The summed E-state index contributed by atoms with van der Waals surface area (Å²) in [5, 5.41) is 21.6. The van der Waals surface area contributed by atoms with E-state index in [4.69, 9.17) is 5.11 Å². The van der Waals surface area contributed by atoms with Gasteiger partial charge in [-0.2, -0.15) is 0 Å². The molecule has 0 heterocycles. The van der Waals surface area contributed by atoms with E-state index in [9.17, 15) is 24.5 Å². The van der Waals surface area contributed by atoms with Crippen LogP contribution in [0.15, 0.2) is 24.3 Å². The molecule has 0 bridgehead atoms. The number of benzene rings is 1. The quantitative estimate of drug-likeness (QED) is 0.511. The zero-order valence-corrected chi connectivity index (χ0v) is 13.2. The van der Waals surface area contributed by atoms with Gasteiger partial charge < -0.3 is 15.3 Å². The van der Waals surface area contributed by atoms with Crippen LogP contribution in [0.4, 0.5) is 5.69 Å². The normalized spacial score (nSPS) is 10.0. The van der Waals surface area contributed by atoms with Crippen molar-refractivity contribution in [1.29, 1.82) is 0 Å². The van der Waals surface area contributed by atoms with E-state index in [0.29, 0.717) is 13.0 Å². The molecule has 0 aromatic heterocycles. The monoisotopic (exact) mass is 337 g/mol. The van der Waals surface area contributed by atoms with E-state index >= 15 is 0 Å². The number of nitrogens with one attached hydrogen (secondary N) is 1. The van der Waals surface area contributed by atoms with Crippen LogP contribution in [0.3, 0.4) is 0 Å². The first kappa shape index (κ1) is 19.1. The van der Waals surface area contributed by atoms with E-state index in [1.807, 2.05) is 0 Å². The van der Waals surface area contributed by atoms with E-state index < -0.39 is 16.8 Å². The molecule has 2 amide bonds. The Hall–Kier alpha value is -2.97. The van der Waals surface area contributed by atoms with Crippen LogP contribution in [-0.4, -0.2) is 52.9 Å². The van der Waals surface area contributed by atoms with Gasteiger partial charge in [0.15, 0.2) is 0 Å². The number of amides is 2. The van der Waals surface area contributed by atoms with Gasteiger partial charge in [-0.1, -0.05) is 0 Å². The van der Waals surface area contributed by atoms with Crippen molar-refractivity contribution in [3.63, 3.8) is 0 Å². The number of nitro benzene ring substituents is 1. The van der Waals surface area contributed by atoms with Gasteiger partial charge in [-0.3, -0.25) is 24.5 Å². The number of carbonyl (C=O) groups excluding carboxylic acids is 2. The third-order valence-electron chi connectivity index (χ3n) is 3.27. The SMILES string of the molecule is CN(CCCC(=O)O)C(=O)CCNC(=O)c1ccc([N+](=O)[O-])cc1. The smallest absolute Gasteiger partial charge is 0.303 e. The molecule has 0 radical (unpaired) electrons. The summed E-state index contributed by atoms with van der Waals surface area (Å²) in [6.07, 6.45) is 0.448. The molecule has 9 nitrogen and oxygen atoms in total. The largest absolute Gasteiger partial charge is 0.481 e. The van der Waals surface area contributed by atoms with E-state index in [-0.39, 0.29) is 36.5 Å². The highest BCUT2D eigenvalue weighted by Gasteiger charge is 2.12. The maximum Gasteiger partial charge on any atom is 0.303 e. The van der Waals surface area contributed by atoms with Crippen LogP contribution < -0.4 is 5.32 Å². The average molecular weight is 337 g/mol. The van der Waals surface area contributed by atoms with Crippen molar-refractivity contribution in [3.8, 4) is 0 Å².